The second kappa shape index (κ2) is 6.06. The average Bonchev–Trinajstić information content (AvgIpc) is 2.59. The van der Waals surface area contributed by atoms with Crippen molar-refractivity contribution in [2.24, 2.45) is 5.92 Å². The number of benzene rings is 1. The van der Waals surface area contributed by atoms with Crippen molar-refractivity contribution in [1.29, 1.82) is 5.26 Å². The van der Waals surface area contributed by atoms with Crippen LogP contribution in [0.1, 0.15) is 32.1 Å². The summed E-state index contributed by atoms with van der Waals surface area (Å²) >= 11 is 5.65. The third kappa shape index (κ3) is 3.14. The van der Waals surface area contributed by atoms with Gasteiger partial charge in [-0.25, -0.2) is 4.39 Å². The Kier molecular flexibility index (Phi) is 4.43. The quantitative estimate of drug-likeness (QED) is 0.807. The summed E-state index contributed by atoms with van der Waals surface area (Å²) in [5.74, 6) is -0.421. The van der Waals surface area contributed by atoms with Gasteiger partial charge in [0.1, 0.15) is 5.82 Å². The topological polar surface area (TPSA) is 35.8 Å². The minimum Gasteiger partial charge on any atom is -0.381 e. The van der Waals surface area contributed by atoms with Gasteiger partial charge in [-0.3, -0.25) is 0 Å². The standard InChI is InChI=1S/C14H16ClFN2/c15-12-7-6-11(8-13(12)16)18-14-5-3-1-2-4-10(14)9-17/h6-8,10,14,18H,1-5H2. The summed E-state index contributed by atoms with van der Waals surface area (Å²) in [4.78, 5) is 0. The minimum atomic E-state index is -0.427. The predicted molar refractivity (Wildman–Crippen MR) is 71.0 cm³/mol. The molecule has 0 radical (unpaired) electrons. The van der Waals surface area contributed by atoms with Crippen molar-refractivity contribution in [2.75, 3.05) is 5.32 Å². The highest BCUT2D eigenvalue weighted by Crippen LogP contribution is 2.27. The van der Waals surface area contributed by atoms with Crippen LogP contribution in [0, 0.1) is 23.1 Å². The molecular weight excluding hydrogens is 251 g/mol. The monoisotopic (exact) mass is 266 g/mol. The second-order valence-corrected chi connectivity index (χ2v) is 5.16. The normalized spacial score (nSPS) is 24.1. The van der Waals surface area contributed by atoms with Crippen molar-refractivity contribution < 1.29 is 4.39 Å². The van der Waals surface area contributed by atoms with Crippen molar-refractivity contribution in [3.63, 3.8) is 0 Å². The van der Waals surface area contributed by atoms with Crippen LogP contribution in [-0.4, -0.2) is 6.04 Å². The molecule has 0 saturated heterocycles. The average molecular weight is 267 g/mol. The molecule has 0 heterocycles. The van der Waals surface area contributed by atoms with Crippen LogP contribution in [0.2, 0.25) is 5.02 Å². The third-order valence-electron chi connectivity index (χ3n) is 3.45. The van der Waals surface area contributed by atoms with E-state index < -0.39 is 5.82 Å². The molecule has 4 heteroatoms. The van der Waals surface area contributed by atoms with E-state index in [0.717, 1.165) is 25.7 Å². The van der Waals surface area contributed by atoms with E-state index in [4.69, 9.17) is 11.6 Å². The fourth-order valence-electron chi connectivity index (χ4n) is 2.43. The molecule has 2 atom stereocenters. The Bertz CT molecular complexity index is 456. The molecule has 2 unspecified atom stereocenters. The fourth-order valence-corrected chi connectivity index (χ4v) is 2.55. The molecule has 1 aliphatic carbocycles. The van der Waals surface area contributed by atoms with E-state index in [2.05, 4.69) is 11.4 Å². The lowest BCUT2D eigenvalue weighted by Crippen LogP contribution is -2.27. The summed E-state index contributed by atoms with van der Waals surface area (Å²) < 4.78 is 13.4. The first kappa shape index (κ1) is 13.2. The summed E-state index contributed by atoms with van der Waals surface area (Å²) in [7, 11) is 0. The minimum absolute atomic E-state index is 0.00578. The van der Waals surface area contributed by atoms with E-state index in [1.807, 2.05) is 0 Å². The zero-order chi connectivity index (χ0) is 13.0. The Hall–Kier alpha value is -1.27. The van der Waals surface area contributed by atoms with Crippen molar-refractivity contribution in [3.8, 4) is 6.07 Å². The molecule has 2 rings (SSSR count). The number of hydrogen-bond acceptors (Lipinski definition) is 2. The summed E-state index contributed by atoms with van der Waals surface area (Å²) in [5, 5.41) is 12.6. The molecule has 1 fully saturated rings. The first-order valence-electron chi connectivity index (χ1n) is 6.32. The van der Waals surface area contributed by atoms with Crippen molar-refractivity contribution in [2.45, 2.75) is 38.1 Å². The molecule has 2 nitrogen and oxygen atoms in total. The Morgan fingerprint density at radius 3 is 2.78 bits per heavy atom. The molecule has 0 aliphatic heterocycles. The lowest BCUT2D eigenvalue weighted by molar-refractivity contribution is 0.514. The summed E-state index contributed by atoms with van der Waals surface area (Å²) in [6.45, 7) is 0. The van der Waals surface area contributed by atoms with E-state index >= 15 is 0 Å². The smallest absolute Gasteiger partial charge is 0.143 e. The van der Waals surface area contributed by atoms with Crippen LogP contribution in [-0.2, 0) is 0 Å². The van der Waals surface area contributed by atoms with Gasteiger partial charge in [0.2, 0.25) is 0 Å². The first-order valence-corrected chi connectivity index (χ1v) is 6.69. The number of nitriles is 1. The molecule has 0 amide bonds. The van der Waals surface area contributed by atoms with Gasteiger partial charge < -0.3 is 5.32 Å². The number of hydrogen-bond donors (Lipinski definition) is 1. The van der Waals surface area contributed by atoms with E-state index in [1.165, 1.54) is 18.6 Å². The lowest BCUT2D eigenvalue weighted by atomic mass is 9.96. The largest absolute Gasteiger partial charge is 0.381 e. The van der Waals surface area contributed by atoms with E-state index in [1.54, 1.807) is 6.07 Å². The van der Waals surface area contributed by atoms with Crippen molar-refractivity contribution >= 4 is 17.3 Å². The molecule has 1 N–H and O–H groups in total. The van der Waals surface area contributed by atoms with E-state index in [0.29, 0.717) is 5.69 Å². The van der Waals surface area contributed by atoms with Crippen LogP contribution in [0.5, 0.6) is 0 Å². The Labute approximate surface area is 112 Å². The molecule has 18 heavy (non-hydrogen) atoms. The van der Waals surface area contributed by atoms with E-state index in [-0.39, 0.29) is 17.0 Å². The maximum absolute atomic E-state index is 13.4. The molecule has 0 aromatic heterocycles. The zero-order valence-corrected chi connectivity index (χ0v) is 10.9. The third-order valence-corrected chi connectivity index (χ3v) is 3.76. The fraction of sp³-hybridized carbons (Fsp3) is 0.500. The van der Waals surface area contributed by atoms with Gasteiger partial charge >= 0.3 is 0 Å². The van der Waals surface area contributed by atoms with Crippen LogP contribution in [0.25, 0.3) is 0 Å². The lowest BCUT2D eigenvalue weighted by Gasteiger charge is -2.22. The summed E-state index contributed by atoms with van der Waals surface area (Å²) in [6, 6.07) is 7.15. The van der Waals surface area contributed by atoms with Crippen LogP contribution in [0.15, 0.2) is 18.2 Å². The Morgan fingerprint density at radius 2 is 2.06 bits per heavy atom. The molecular formula is C14H16ClFN2. The molecule has 1 aliphatic rings. The van der Waals surface area contributed by atoms with Crippen molar-refractivity contribution in [3.05, 3.63) is 29.0 Å². The number of nitrogens with zero attached hydrogens (tertiary/aromatic N) is 1. The van der Waals surface area contributed by atoms with Gasteiger partial charge in [-0.2, -0.15) is 5.26 Å². The van der Waals surface area contributed by atoms with Gasteiger partial charge in [-0.05, 0) is 31.0 Å². The van der Waals surface area contributed by atoms with Crippen LogP contribution in [0.3, 0.4) is 0 Å². The van der Waals surface area contributed by atoms with Crippen LogP contribution < -0.4 is 5.32 Å². The molecule has 96 valence electrons. The maximum atomic E-state index is 13.4. The number of anilines is 1. The second-order valence-electron chi connectivity index (χ2n) is 4.75. The van der Waals surface area contributed by atoms with Gasteiger partial charge in [0, 0.05) is 11.7 Å². The highest BCUT2D eigenvalue weighted by molar-refractivity contribution is 6.30. The van der Waals surface area contributed by atoms with Crippen LogP contribution >= 0.6 is 11.6 Å². The maximum Gasteiger partial charge on any atom is 0.143 e. The number of rotatable bonds is 2. The molecule has 1 saturated carbocycles. The molecule has 1 aromatic carbocycles. The Morgan fingerprint density at radius 1 is 1.28 bits per heavy atom. The van der Waals surface area contributed by atoms with Crippen LogP contribution in [0.4, 0.5) is 10.1 Å². The van der Waals surface area contributed by atoms with Crippen molar-refractivity contribution in [1.82, 2.24) is 0 Å². The van der Waals surface area contributed by atoms with Gasteiger partial charge in [-0.1, -0.05) is 30.9 Å². The van der Waals surface area contributed by atoms with Gasteiger partial charge in [0.05, 0.1) is 17.0 Å². The van der Waals surface area contributed by atoms with E-state index in [9.17, 15) is 9.65 Å². The molecule has 0 bridgehead atoms. The first-order chi connectivity index (χ1) is 8.70. The highest BCUT2D eigenvalue weighted by atomic mass is 35.5. The van der Waals surface area contributed by atoms with Gasteiger partial charge in [0.25, 0.3) is 0 Å². The van der Waals surface area contributed by atoms with Gasteiger partial charge in [-0.15, -0.1) is 0 Å². The molecule has 1 aromatic rings. The summed E-state index contributed by atoms with van der Waals surface area (Å²) in [6.07, 6.45) is 5.27. The summed E-state index contributed by atoms with van der Waals surface area (Å²) in [5.41, 5.74) is 0.698. The SMILES string of the molecule is N#CC1CCCCCC1Nc1ccc(Cl)c(F)c1. The highest BCUT2D eigenvalue weighted by Gasteiger charge is 2.23. The zero-order valence-electron chi connectivity index (χ0n) is 10.1. The number of halogens is 2. The van der Waals surface area contributed by atoms with Gasteiger partial charge in [0.15, 0.2) is 0 Å². The predicted octanol–water partition coefficient (Wildman–Crippen LogP) is 4.36. The Balaban J connectivity index is 2.10. The molecule has 0 spiro atoms. The number of nitrogens with one attached hydrogen (secondary N) is 1.